The molecule has 3 rings (SSSR count). The van der Waals surface area contributed by atoms with Crippen molar-refractivity contribution in [3.63, 3.8) is 0 Å². The van der Waals surface area contributed by atoms with Crippen molar-refractivity contribution >= 4 is 30.6 Å². The predicted octanol–water partition coefficient (Wildman–Crippen LogP) is 4.69. The summed E-state index contributed by atoms with van der Waals surface area (Å²) in [6, 6.07) is 8.04. The summed E-state index contributed by atoms with van der Waals surface area (Å²) in [5.74, 6) is 0.840. The normalized spacial score (nSPS) is 19.5. The fourth-order valence-corrected chi connectivity index (χ4v) is 4.33. The zero-order valence-corrected chi connectivity index (χ0v) is 18.1. The topological polar surface area (TPSA) is 57.9 Å². The smallest absolute Gasteiger partial charge is 0.227 e. The summed E-state index contributed by atoms with van der Waals surface area (Å²) in [5.41, 5.74) is 5.05. The summed E-state index contributed by atoms with van der Waals surface area (Å²) in [5, 5.41) is 0. The van der Waals surface area contributed by atoms with Crippen LogP contribution in [0.5, 0.6) is 0 Å². The lowest BCUT2D eigenvalue weighted by molar-refractivity contribution is -0.132. The first-order chi connectivity index (χ1) is 14.6. The minimum atomic E-state index is 0.156. The Bertz CT molecular complexity index is 949. The number of allylic oxidation sites excluding steroid dienone is 1. The summed E-state index contributed by atoms with van der Waals surface area (Å²) >= 11 is 0. The van der Waals surface area contributed by atoms with Crippen LogP contribution in [0, 0.1) is 5.92 Å². The van der Waals surface area contributed by atoms with E-state index in [-0.39, 0.29) is 11.8 Å². The van der Waals surface area contributed by atoms with E-state index < -0.39 is 0 Å². The quantitative estimate of drug-likeness (QED) is 0.658. The van der Waals surface area contributed by atoms with E-state index in [0.717, 1.165) is 35.3 Å². The molecule has 0 aliphatic carbocycles. The highest BCUT2D eigenvalue weighted by atomic mass is 16.2. The number of carbonyl (C=O) groups is 1. The maximum Gasteiger partial charge on any atom is 0.227 e. The number of benzene rings is 1. The Labute approximate surface area is 179 Å². The minimum Gasteiger partial charge on any atom is -0.342 e. The van der Waals surface area contributed by atoms with E-state index in [9.17, 15) is 4.79 Å². The van der Waals surface area contributed by atoms with Gasteiger partial charge >= 0.3 is 0 Å². The van der Waals surface area contributed by atoms with E-state index in [1.54, 1.807) is 19.4 Å². The lowest BCUT2D eigenvalue weighted by Crippen LogP contribution is -2.43. The summed E-state index contributed by atoms with van der Waals surface area (Å²) in [7, 11) is 1.75. The van der Waals surface area contributed by atoms with Crippen molar-refractivity contribution in [2.45, 2.75) is 32.6 Å². The Kier molecular flexibility index (Phi) is 7.28. The van der Waals surface area contributed by atoms with Gasteiger partial charge < -0.3 is 4.90 Å². The number of amides is 1. The van der Waals surface area contributed by atoms with Crippen LogP contribution in [0.3, 0.4) is 0 Å². The molecule has 2 heterocycles. The third-order valence-electron chi connectivity index (χ3n) is 5.57. The highest BCUT2D eigenvalue weighted by Crippen LogP contribution is 2.37. The van der Waals surface area contributed by atoms with Gasteiger partial charge in [-0.05, 0) is 43.2 Å². The predicted molar refractivity (Wildman–Crippen MR) is 125 cm³/mol. The van der Waals surface area contributed by atoms with Crippen LogP contribution in [-0.2, 0) is 11.2 Å². The van der Waals surface area contributed by atoms with Crippen molar-refractivity contribution in [1.29, 1.82) is 0 Å². The van der Waals surface area contributed by atoms with Crippen LogP contribution in [-0.4, -0.2) is 48.9 Å². The molecule has 0 N–H and O–H groups in total. The van der Waals surface area contributed by atoms with Gasteiger partial charge in [-0.3, -0.25) is 19.8 Å². The molecule has 0 radical (unpaired) electrons. The molecule has 1 aliphatic rings. The molecule has 2 aromatic rings. The second-order valence-electron chi connectivity index (χ2n) is 7.93. The minimum absolute atomic E-state index is 0.156. The van der Waals surface area contributed by atoms with Gasteiger partial charge in [-0.25, -0.2) is 0 Å². The zero-order valence-electron chi connectivity index (χ0n) is 18.1. The van der Waals surface area contributed by atoms with Crippen LogP contribution < -0.4 is 0 Å². The molecule has 1 aromatic carbocycles. The van der Waals surface area contributed by atoms with E-state index >= 15 is 0 Å². The van der Waals surface area contributed by atoms with Gasteiger partial charge in [0.05, 0.1) is 12.1 Å². The Balaban J connectivity index is 1.91. The average molecular weight is 403 g/mol. The Morgan fingerprint density at radius 2 is 2.17 bits per heavy atom. The zero-order chi connectivity index (χ0) is 21.5. The number of carbonyl (C=O) groups excluding carboxylic acids is 1. The monoisotopic (exact) mass is 402 g/mol. The van der Waals surface area contributed by atoms with Crippen molar-refractivity contribution in [2.24, 2.45) is 15.9 Å². The van der Waals surface area contributed by atoms with Gasteiger partial charge in [0.25, 0.3) is 0 Å². The molecule has 1 fully saturated rings. The molecule has 1 amide bonds. The second kappa shape index (κ2) is 10.1. The van der Waals surface area contributed by atoms with Gasteiger partial charge in [-0.1, -0.05) is 37.3 Å². The molecule has 30 heavy (non-hydrogen) atoms. The van der Waals surface area contributed by atoms with Gasteiger partial charge in [0, 0.05) is 55.8 Å². The first-order valence-electron chi connectivity index (χ1n) is 10.4. The van der Waals surface area contributed by atoms with E-state index in [1.165, 1.54) is 5.56 Å². The summed E-state index contributed by atoms with van der Waals surface area (Å²) < 4.78 is 0. The lowest BCUT2D eigenvalue weighted by Gasteiger charge is -2.37. The Morgan fingerprint density at radius 3 is 2.83 bits per heavy atom. The fourth-order valence-electron chi connectivity index (χ4n) is 4.33. The summed E-state index contributed by atoms with van der Waals surface area (Å²) in [4.78, 5) is 27.6. The van der Waals surface area contributed by atoms with Crippen molar-refractivity contribution in [2.75, 3.05) is 20.1 Å². The van der Waals surface area contributed by atoms with Crippen LogP contribution in [0.2, 0.25) is 0 Å². The van der Waals surface area contributed by atoms with Gasteiger partial charge in [0.2, 0.25) is 5.91 Å². The molecule has 5 heteroatoms. The van der Waals surface area contributed by atoms with E-state index in [4.69, 9.17) is 0 Å². The van der Waals surface area contributed by atoms with E-state index in [1.807, 2.05) is 36.2 Å². The Hall–Kier alpha value is -3.08. The molecule has 1 unspecified atom stereocenters. The number of hydrogen-bond acceptors (Lipinski definition) is 4. The van der Waals surface area contributed by atoms with Crippen molar-refractivity contribution in [3.8, 4) is 0 Å². The number of aliphatic imine (C=N–C) groups is 2. The number of likely N-dealkylation sites (tertiary alicyclic amines) is 1. The van der Waals surface area contributed by atoms with E-state index in [0.29, 0.717) is 18.9 Å². The largest absolute Gasteiger partial charge is 0.342 e. The third-order valence-corrected chi connectivity index (χ3v) is 5.57. The average Bonchev–Trinajstić information content (AvgIpc) is 2.74. The molecule has 1 aliphatic heterocycles. The number of nitrogens with zero attached hydrogens (tertiary/aromatic N) is 4. The summed E-state index contributed by atoms with van der Waals surface area (Å²) in [6.07, 6.45) is 10.9. The highest BCUT2D eigenvalue weighted by molar-refractivity contribution is 5.91. The van der Waals surface area contributed by atoms with Crippen LogP contribution in [0.1, 0.15) is 48.4 Å². The Morgan fingerprint density at radius 1 is 1.33 bits per heavy atom. The van der Waals surface area contributed by atoms with Crippen LogP contribution in [0.4, 0.5) is 5.69 Å². The standard InChI is InChI=1S/C25H30N4O/c1-5-7-23-22(10-9-20(15-26-3)25(23)27-4)21-12-18(2)16-29(17-21)24(30)13-19-8-6-11-28-14-19/h5-11,14-15,18,21H,4,12-13,16-17H2,1-3H3/b7-5-,26-15?/t18?,21-/m1/s1. The van der Waals surface area contributed by atoms with Gasteiger partial charge in [0.15, 0.2) is 0 Å². The maximum atomic E-state index is 13.0. The molecule has 1 aromatic heterocycles. The van der Waals surface area contributed by atoms with Gasteiger partial charge in [-0.2, -0.15) is 0 Å². The molecular formula is C25H30N4O. The van der Waals surface area contributed by atoms with E-state index in [2.05, 4.69) is 46.8 Å². The first kappa shape index (κ1) is 21.6. The third kappa shape index (κ3) is 4.90. The first-order valence-corrected chi connectivity index (χ1v) is 10.4. The number of pyridine rings is 1. The second-order valence-corrected chi connectivity index (χ2v) is 7.93. The molecule has 2 atom stereocenters. The van der Waals surface area contributed by atoms with Crippen molar-refractivity contribution in [3.05, 3.63) is 65.0 Å². The molecular weight excluding hydrogens is 372 g/mol. The summed E-state index contributed by atoms with van der Waals surface area (Å²) in [6.45, 7) is 9.52. The number of hydrogen-bond donors (Lipinski definition) is 0. The SMILES string of the molecule is C=Nc1c(C=NC)ccc([C@@H]2CC(C)CN(C(=O)Cc3cccnc3)C2)c1/C=C\C. The lowest BCUT2D eigenvalue weighted by atomic mass is 9.82. The van der Waals surface area contributed by atoms with Crippen LogP contribution in [0.25, 0.3) is 6.08 Å². The van der Waals surface area contributed by atoms with Gasteiger partial charge in [0.1, 0.15) is 0 Å². The molecule has 5 nitrogen and oxygen atoms in total. The van der Waals surface area contributed by atoms with Crippen molar-refractivity contribution < 1.29 is 4.79 Å². The fraction of sp³-hybridized carbons (Fsp3) is 0.360. The molecule has 1 saturated heterocycles. The molecule has 156 valence electrons. The van der Waals surface area contributed by atoms with Crippen LogP contribution >= 0.6 is 0 Å². The van der Waals surface area contributed by atoms with Crippen molar-refractivity contribution in [1.82, 2.24) is 9.88 Å². The number of aromatic nitrogens is 1. The molecule has 0 spiro atoms. The maximum absolute atomic E-state index is 13.0. The number of rotatable bonds is 6. The number of piperidine rings is 1. The van der Waals surface area contributed by atoms with Crippen LogP contribution in [0.15, 0.2) is 52.7 Å². The highest BCUT2D eigenvalue weighted by Gasteiger charge is 2.30. The molecule has 0 saturated carbocycles. The molecule has 0 bridgehead atoms. The van der Waals surface area contributed by atoms with Gasteiger partial charge in [-0.15, -0.1) is 0 Å².